The highest BCUT2D eigenvalue weighted by atomic mass is 16.3. The Morgan fingerprint density at radius 3 is 2.56 bits per heavy atom. The van der Waals surface area contributed by atoms with Gasteiger partial charge in [-0.3, -0.25) is 0 Å². The predicted molar refractivity (Wildman–Crippen MR) is 71.9 cm³/mol. The van der Waals surface area contributed by atoms with Crippen LogP contribution < -0.4 is 5.73 Å². The van der Waals surface area contributed by atoms with Gasteiger partial charge in [0.1, 0.15) is 5.84 Å². The summed E-state index contributed by atoms with van der Waals surface area (Å²) >= 11 is 0. The summed E-state index contributed by atoms with van der Waals surface area (Å²) in [5.41, 5.74) is 7.96. The van der Waals surface area contributed by atoms with Gasteiger partial charge in [0.25, 0.3) is 0 Å². The molecular formula is C15H14N2O. The summed E-state index contributed by atoms with van der Waals surface area (Å²) in [4.78, 5) is 4.27. The molecule has 1 heterocycles. The minimum Gasteiger partial charge on any atom is -0.384 e. The molecule has 0 saturated heterocycles. The van der Waals surface area contributed by atoms with Gasteiger partial charge in [-0.25, -0.2) is 4.99 Å². The Kier molecular flexibility index (Phi) is 2.25. The van der Waals surface area contributed by atoms with Gasteiger partial charge < -0.3 is 10.8 Å². The van der Waals surface area contributed by atoms with Crippen molar-refractivity contribution in [1.29, 1.82) is 0 Å². The third-order valence-corrected chi connectivity index (χ3v) is 3.35. The van der Waals surface area contributed by atoms with E-state index in [4.69, 9.17) is 5.73 Å². The van der Waals surface area contributed by atoms with Crippen molar-refractivity contribution in [3.63, 3.8) is 0 Å². The van der Waals surface area contributed by atoms with Crippen molar-refractivity contribution in [1.82, 2.24) is 0 Å². The molecule has 1 aliphatic heterocycles. The van der Waals surface area contributed by atoms with Crippen LogP contribution >= 0.6 is 0 Å². The highest BCUT2D eigenvalue weighted by Gasteiger charge is 2.42. The molecule has 2 aromatic rings. The molecule has 1 aliphatic rings. The lowest BCUT2D eigenvalue weighted by atomic mass is 9.86. The first kappa shape index (κ1) is 11.0. The van der Waals surface area contributed by atoms with Crippen molar-refractivity contribution >= 4 is 11.5 Å². The zero-order chi connectivity index (χ0) is 12.8. The summed E-state index contributed by atoms with van der Waals surface area (Å²) in [6.45, 7) is 1.99. The van der Waals surface area contributed by atoms with E-state index in [0.29, 0.717) is 0 Å². The van der Waals surface area contributed by atoms with E-state index in [1.54, 1.807) is 0 Å². The number of amidine groups is 1. The van der Waals surface area contributed by atoms with E-state index in [1.165, 1.54) is 0 Å². The Morgan fingerprint density at radius 2 is 1.83 bits per heavy atom. The number of aliphatic imine (C=N–C) groups is 1. The van der Waals surface area contributed by atoms with Crippen molar-refractivity contribution < 1.29 is 5.11 Å². The smallest absolute Gasteiger partial charge is 0.174 e. The van der Waals surface area contributed by atoms with Gasteiger partial charge in [-0.2, -0.15) is 0 Å². The molecule has 0 aliphatic carbocycles. The second kappa shape index (κ2) is 3.68. The zero-order valence-electron chi connectivity index (χ0n) is 10.1. The van der Waals surface area contributed by atoms with Crippen LogP contribution in [0.1, 0.15) is 16.7 Å². The van der Waals surface area contributed by atoms with Crippen LogP contribution in [0.2, 0.25) is 0 Å². The maximum atomic E-state index is 11.0. The summed E-state index contributed by atoms with van der Waals surface area (Å²) in [6.07, 6.45) is 0. The number of benzene rings is 2. The highest BCUT2D eigenvalue weighted by molar-refractivity contribution is 6.00. The summed E-state index contributed by atoms with van der Waals surface area (Å²) in [5.74, 6) is 0.231. The van der Waals surface area contributed by atoms with Crippen molar-refractivity contribution in [3.8, 4) is 0 Å². The average Bonchev–Trinajstić information content (AvgIpc) is 2.64. The molecule has 0 saturated carbocycles. The minimum atomic E-state index is -1.30. The van der Waals surface area contributed by atoms with Gasteiger partial charge in [-0.1, -0.05) is 48.0 Å². The molecule has 0 amide bonds. The Balaban J connectivity index is 2.26. The van der Waals surface area contributed by atoms with Gasteiger partial charge in [0.2, 0.25) is 0 Å². The van der Waals surface area contributed by atoms with E-state index in [9.17, 15) is 5.11 Å². The topological polar surface area (TPSA) is 58.6 Å². The van der Waals surface area contributed by atoms with Crippen LogP contribution in [0, 0.1) is 6.92 Å². The molecule has 18 heavy (non-hydrogen) atoms. The van der Waals surface area contributed by atoms with Crippen molar-refractivity contribution in [2.45, 2.75) is 12.5 Å². The van der Waals surface area contributed by atoms with Crippen molar-refractivity contribution in [2.75, 3.05) is 0 Å². The minimum absolute atomic E-state index is 0.231. The summed E-state index contributed by atoms with van der Waals surface area (Å²) < 4.78 is 0. The molecule has 3 N–H and O–H groups in total. The number of nitrogens with zero attached hydrogens (tertiary/aromatic N) is 1. The van der Waals surface area contributed by atoms with Gasteiger partial charge >= 0.3 is 0 Å². The average molecular weight is 238 g/mol. The summed E-state index contributed by atoms with van der Waals surface area (Å²) in [7, 11) is 0. The molecule has 2 aromatic carbocycles. The fourth-order valence-electron chi connectivity index (χ4n) is 2.37. The maximum Gasteiger partial charge on any atom is 0.174 e. The third-order valence-electron chi connectivity index (χ3n) is 3.35. The molecule has 90 valence electrons. The van der Waals surface area contributed by atoms with Gasteiger partial charge in [0, 0.05) is 5.56 Å². The fraction of sp³-hybridized carbons (Fsp3) is 0.133. The Labute approximate surface area is 106 Å². The van der Waals surface area contributed by atoms with Gasteiger partial charge in [0.05, 0.1) is 5.69 Å². The van der Waals surface area contributed by atoms with Crippen LogP contribution in [-0.4, -0.2) is 10.9 Å². The van der Waals surface area contributed by atoms with E-state index in [1.807, 2.05) is 55.5 Å². The fourth-order valence-corrected chi connectivity index (χ4v) is 2.37. The molecule has 0 aromatic heterocycles. The first-order valence-corrected chi connectivity index (χ1v) is 5.86. The van der Waals surface area contributed by atoms with Gasteiger partial charge in [-0.05, 0) is 18.6 Å². The molecule has 1 atom stereocenters. The highest BCUT2D eigenvalue weighted by Crippen LogP contribution is 2.41. The van der Waals surface area contributed by atoms with Crippen LogP contribution in [0.4, 0.5) is 5.69 Å². The first-order valence-electron chi connectivity index (χ1n) is 5.86. The molecule has 3 nitrogen and oxygen atoms in total. The largest absolute Gasteiger partial charge is 0.384 e. The molecule has 0 fully saturated rings. The molecule has 0 bridgehead atoms. The molecular weight excluding hydrogens is 224 g/mol. The summed E-state index contributed by atoms with van der Waals surface area (Å²) in [6, 6.07) is 15.2. The molecule has 0 spiro atoms. The van der Waals surface area contributed by atoms with Crippen LogP contribution in [0.5, 0.6) is 0 Å². The Hall–Kier alpha value is -2.13. The van der Waals surface area contributed by atoms with Crippen LogP contribution in [0.3, 0.4) is 0 Å². The standard InChI is InChI=1S/C15H14N2O/c1-10-7-8-13-12(9-10)15(18,14(16)17-13)11-5-3-2-4-6-11/h2-9,18H,1H3,(H2,16,17)/t15-/m1/s1. The number of rotatable bonds is 1. The quantitative estimate of drug-likeness (QED) is 0.800. The van der Waals surface area contributed by atoms with Gasteiger partial charge in [-0.15, -0.1) is 0 Å². The second-order valence-electron chi connectivity index (χ2n) is 4.59. The van der Waals surface area contributed by atoms with E-state index in [2.05, 4.69) is 4.99 Å². The summed E-state index contributed by atoms with van der Waals surface area (Å²) in [5, 5.41) is 11.0. The molecule has 3 rings (SSSR count). The number of hydrogen-bond acceptors (Lipinski definition) is 3. The Bertz CT molecular complexity index is 634. The number of aryl methyl sites for hydroxylation is 1. The van der Waals surface area contributed by atoms with E-state index in [-0.39, 0.29) is 5.84 Å². The Morgan fingerprint density at radius 1 is 1.11 bits per heavy atom. The monoisotopic (exact) mass is 238 g/mol. The lowest BCUT2D eigenvalue weighted by molar-refractivity contribution is 0.158. The van der Waals surface area contributed by atoms with E-state index < -0.39 is 5.60 Å². The third kappa shape index (κ3) is 1.38. The van der Waals surface area contributed by atoms with Crippen molar-refractivity contribution in [2.24, 2.45) is 10.7 Å². The number of hydrogen-bond donors (Lipinski definition) is 2. The van der Waals surface area contributed by atoms with Crippen molar-refractivity contribution in [3.05, 3.63) is 65.2 Å². The molecule has 3 heteroatoms. The molecule has 0 unspecified atom stereocenters. The predicted octanol–water partition coefficient (Wildman–Crippen LogP) is 2.23. The van der Waals surface area contributed by atoms with E-state index >= 15 is 0 Å². The van der Waals surface area contributed by atoms with Crippen LogP contribution in [0.25, 0.3) is 0 Å². The number of fused-ring (bicyclic) bond motifs is 1. The maximum absolute atomic E-state index is 11.0. The normalized spacial score (nSPS) is 21.6. The lowest BCUT2D eigenvalue weighted by Gasteiger charge is -2.24. The first-order chi connectivity index (χ1) is 8.62. The van der Waals surface area contributed by atoms with Gasteiger partial charge in [0.15, 0.2) is 5.60 Å². The lowest BCUT2D eigenvalue weighted by Crippen LogP contribution is -2.39. The number of aliphatic hydroxyl groups is 1. The SMILES string of the molecule is Cc1ccc2c(c1)[C@](O)(c1ccccc1)C(N)=N2. The molecule has 0 radical (unpaired) electrons. The van der Waals surface area contributed by atoms with Crippen LogP contribution in [0.15, 0.2) is 53.5 Å². The van der Waals surface area contributed by atoms with Crippen LogP contribution in [-0.2, 0) is 5.60 Å². The number of nitrogens with two attached hydrogens (primary N) is 1. The second-order valence-corrected chi connectivity index (χ2v) is 4.59. The zero-order valence-corrected chi connectivity index (χ0v) is 10.1. The van der Waals surface area contributed by atoms with E-state index in [0.717, 1.165) is 22.4 Å².